The molecule has 1 atom stereocenters. The highest BCUT2D eigenvalue weighted by atomic mass is 35.5. The molecule has 11 heteroatoms. The largest absolute Gasteiger partial charge is 0.493 e. The van der Waals surface area contributed by atoms with Gasteiger partial charge in [-0.2, -0.15) is 13.1 Å². The van der Waals surface area contributed by atoms with Crippen LogP contribution in [0.1, 0.15) is 12.8 Å². The Bertz CT molecular complexity index is 1030. The number of carbonyl (C=O) groups is 1. The predicted molar refractivity (Wildman–Crippen MR) is 111 cm³/mol. The van der Waals surface area contributed by atoms with E-state index in [2.05, 4.69) is 10.1 Å². The van der Waals surface area contributed by atoms with Crippen molar-refractivity contribution >= 4 is 33.2 Å². The number of methoxy groups -OCH3 is 1. The number of sulfonamides is 1. The number of amides is 1. The number of anilines is 1. The van der Waals surface area contributed by atoms with Gasteiger partial charge >= 0.3 is 6.61 Å². The van der Waals surface area contributed by atoms with Crippen LogP contribution in [0.15, 0.2) is 47.4 Å². The zero-order chi connectivity index (χ0) is 22.6. The average Bonchev–Trinajstić information content (AvgIpc) is 2.74. The standard InChI is InChI=1S/C20H21ClF2N2O5S/c1-29-17-9-6-15(11-18(17)30-20(22)23)24-19(26)13-3-2-10-25(12-13)31(27,28)16-7-4-14(21)5-8-16/h4-9,11,13,20H,2-3,10,12H2,1H3,(H,24,26). The number of ether oxygens (including phenoxy) is 2. The number of benzene rings is 2. The molecule has 1 aliphatic heterocycles. The molecule has 0 aliphatic carbocycles. The molecule has 2 aromatic rings. The molecule has 0 spiro atoms. The fraction of sp³-hybridized carbons (Fsp3) is 0.350. The van der Waals surface area contributed by atoms with Crippen LogP contribution >= 0.6 is 11.6 Å². The molecule has 0 aromatic heterocycles. The maximum atomic E-state index is 12.9. The van der Waals surface area contributed by atoms with Crippen LogP contribution in [0.5, 0.6) is 11.5 Å². The van der Waals surface area contributed by atoms with Crippen LogP contribution in [0.2, 0.25) is 5.02 Å². The topological polar surface area (TPSA) is 84.9 Å². The molecule has 1 unspecified atom stereocenters. The molecule has 1 saturated heterocycles. The highest BCUT2D eigenvalue weighted by Crippen LogP contribution is 2.32. The first kappa shape index (κ1) is 23.2. The summed E-state index contributed by atoms with van der Waals surface area (Å²) in [5.41, 5.74) is 0.235. The monoisotopic (exact) mass is 474 g/mol. The van der Waals surface area contributed by atoms with E-state index in [1.807, 2.05) is 0 Å². The zero-order valence-electron chi connectivity index (χ0n) is 16.6. The van der Waals surface area contributed by atoms with Crippen molar-refractivity contribution < 1.29 is 31.5 Å². The lowest BCUT2D eigenvalue weighted by Gasteiger charge is -2.31. The molecular weight excluding hydrogens is 454 g/mol. The summed E-state index contributed by atoms with van der Waals surface area (Å²) >= 11 is 5.83. The van der Waals surface area contributed by atoms with Gasteiger partial charge in [0, 0.05) is 29.9 Å². The van der Waals surface area contributed by atoms with E-state index in [4.69, 9.17) is 16.3 Å². The average molecular weight is 475 g/mol. The van der Waals surface area contributed by atoms with E-state index < -0.39 is 28.5 Å². The van der Waals surface area contributed by atoms with Crippen molar-refractivity contribution in [2.45, 2.75) is 24.3 Å². The summed E-state index contributed by atoms with van der Waals surface area (Å²) in [6.45, 7) is -2.75. The molecule has 7 nitrogen and oxygen atoms in total. The number of rotatable bonds is 7. The van der Waals surface area contributed by atoms with Crippen molar-refractivity contribution in [1.29, 1.82) is 0 Å². The van der Waals surface area contributed by atoms with Gasteiger partial charge < -0.3 is 14.8 Å². The Kier molecular flexibility index (Phi) is 7.34. The van der Waals surface area contributed by atoms with Gasteiger partial charge in [0.2, 0.25) is 15.9 Å². The lowest BCUT2D eigenvalue weighted by atomic mass is 9.98. The van der Waals surface area contributed by atoms with Gasteiger partial charge in [-0.15, -0.1) is 0 Å². The molecule has 1 fully saturated rings. The molecule has 1 aliphatic rings. The second kappa shape index (κ2) is 9.80. The molecule has 2 aromatic carbocycles. The fourth-order valence-electron chi connectivity index (χ4n) is 3.32. The minimum atomic E-state index is -3.77. The number of halogens is 3. The maximum Gasteiger partial charge on any atom is 0.387 e. The van der Waals surface area contributed by atoms with Crippen molar-refractivity contribution in [3.8, 4) is 11.5 Å². The Morgan fingerprint density at radius 2 is 1.90 bits per heavy atom. The van der Waals surface area contributed by atoms with Gasteiger partial charge in [-0.25, -0.2) is 8.42 Å². The quantitative estimate of drug-likeness (QED) is 0.656. The molecule has 3 rings (SSSR count). The van der Waals surface area contributed by atoms with Crippen LogP contribution in [-0.4, -0.2) is 45.4 Å². The SMILES string of the molecule is COc1ccc(NC(=O)C2CCCN(S(=O)(=O)c3ccc(Cl)cc3)C2)cc1OC(F)F. The van der Waals surface area contributed by atoms with Gasteiger partial charge in [0.15, 0.2) is 11.5 Å². The summed E-state index contributed by atoms with van der Waals surface area (Å²) in [4.78, 5) is 12.8. The van der Waals surface area contributed by atoms with Crippen LogP contribution in [0.4, 0.5) is 14.5 Å². The summed E-state index contributed by atoms with van der Waals surface area (Å²) in [6.07, 6.45) is 1.00. The third-order valence-corrected chi connectivity index (χ3v) is 6.98. The Hall–Kier alpha value is -2.43. The highest BCUT2D eigenvalue weighted by molar-refractivity contribution is 7.89. The summed E-state index contributed by atoms with van der Waals surface area (Å²) in [7, 11) is -2.46. The number of hydrogen-bond donors (Lipinski definition) is 1. The van der Waals surface area contributed by atoms with Crippen LogP contribution in [-0.2, 0) is 14.8 Å². The van der Waals surface area contributed by atoms with Crippen molar-refractivity contribution in [2.24, 2.45) is 5.92 Å². The zero-order valence-corrected chi connectivity index (χ0v) is 18.1. The van der Waals surface area contributed by atoms with Gasteiger partial charge in [0.05, 0.1) is 17.9 Å². The minimum absolute atomic E-state index is 0.00728. The van der Waals surface area contributed by atoms with Crippen LogP contribution in [0.3, 0.4) is 0 Å². The van der Waals surface area contributed by atoms with Gasteiger partial charge in [-0.3, -0.25) is 4.79 Å². The van der Waals surface area contributed by atoms with E-state index in [0.29, 0.717) is 24.4 Å². The third-order valence-electron chi connectivity index (χ3n) is 4.85. The molecule has 31 heavy (non-hydrogen) atoms. The number of alkyl halides is 2. The van der Waals surface area contributed by atoms with Crippen LogP contribution in [0.25, 0.3) is 0 Å². The van der Waals surface area contributed by atoms with Gasteiger partial charge in [0.1, 0.15) is 0 Å². The summed E-state index contributed by atoms with van der Waals surface area (Å²) in [6, 6.07) is 9.93. The first-order valence-electron chi connectivity index (χ1n) is 9.40. The van der Waals surface area contributed by atoms with E-state index in [9.17, 15) is 22.0 Å². The van der Waals surface area contributed by atoms with Crippen LogP contribution < -0.4 is 14.8 Å². The molecule has 168 valence electrons. The van der Waals surface area contributed by atoms with Crippen LogP contribution in [0, 0.1) is 5.92 Å². The van der Waals surface area contributed by atoms with Crippen molar-refractivity contribution in [3.05, 3.63) is 47.5 Å². The lowest BCUT2D eigenvalue weighted by Crippen LogP contribution is -2.43. The maximum absolute atomic E-state index is 12.9. The lowest BCUT2D eigenvalue weighted by molar-refractivity contribution is -0.120. The Balaban J connectivity index is 1.72. The smallest absolute Gasteiger partial charge is 0.387 e. The normalized spacial score (nSPS) is 17.4. The van der Waals surface area contributed by atoms with Gasteiger partial charge in [-0.05, 0) is 49.2 Å². The number of piperidine rings is 1. The number of nitrogens with zero attached hydrogens (tertiary/aromatic N) is 1. The Morgan fingerprint density at radius 1 is 1.19 bits per heavy atom. The Morgan fingerprint density at radius 3 is 2.55 bits per heavy atom. The number of carbonyl (C=O) groups excluding carboxylic acids is 1. The highest BCUT2D eigenvalue weighted by Gasteiger charge is 2.33. The second-order valence-electron chi connectivity index (χ2n) is 6.89. The van der Waals surface area contributed by atoms with Crippen molar-refractivity contribution in [2.75, 3.05) is 25.5 Å². The van der Waals surface area contributed by atoms with Crippen molar-refractivity contribution in [1.82, 2.24) is 4.31 Å². The second-order valence-corrected chi connectivity index (χ2v) is 9.26. The number of nitrogens with one attached hydrogen (secondary N) is 1. The summed E-state index contributed by atoms with van der Waals surface area (Å²) in [5, 5.41) is 3.06. The first-order valence-corrected chi connectivity index (χ1v) is 11.2. The molecule has 0 saturated carbocycles. The Labute approximate surface area is 183 Å². The van der Waals surface area contributed by atoms with Gasteiger partial charge in [0.25, 0.3) is 0 Å². The third kappa shape index (κ3) is 5.63. The molecule has 1 amide bonds. The van der Waals surface area contributed by atoms with E-state index in [1.165, 1.54) is 53.9 Å². The number of hydrogen-bond acceptors (Lipinski definition) is 5. The predicted octanol–water partition coefficient (Wildman–Crippen LogP) is 3.99. The van der Waals surface area contributed by atoms with E-state index in [0.717, 1.165) is 0 Å². The first-order chi connectivity index (χ1) is 14.7. The van der Waals surface area contributed by atoms with Crippen molar-refractivity contribution in [3.63, 3.8) is 0 Å². The van der Waals surface area contributed by atoms with E-state index in [-0.39, 0.29) is 28.6 Å². The summed E-state index contributed by atoms with van der Waals surface area (Å²) < 4.78 is 61.6. The van der Waals surface area contributed by atoms with E-state index in [1.54, 1.807) is 0 Å². The fourth-order valence-corrected chi connectivity index (χ4v) is 4.97. The summed E-state index contributed by atoms with van der Waals surface area (Å²) in [5.74, 6) is -1.14. The minimum Gasteiger partial charge on any atom is -0.493 e. The molecular formula is C20H21ClF2N2O5S. The van der Waals surface area contributed by atoms with Gasteiger partial charge in [-0.1, -0.05) is 11.6 Å². The molecule has 1 N–H and O–H groups in total. The van der Waals surface area contributed by atoms with E-state index >= 15 is 0 Å². The molecule has 0 bridgehead atoms. The molecule has 1 heterocycles. The molecule has 0 radical (unpaired) electrons.